The van der Waals surface area contributed by atoms with E-state index in [0.717, 1.165) is 6.42 Å². The van der Waals surface area contributed by atoms with E-state index in [1.54, 1.807) is 0 Å². The van der Waals surface area contributed by atoms with Gasteiger partial charge in [-0.1, -0.05) is 48.5 Å². The Labute approximate surface area is 114 Å². The maximum atomic E-state index is 12.6. The van der Waals surface area contributed by atoms with Gasteiger partial charge in [-0.25, -0.2) is 4.68 Å². The summed E-state index contributed by atoms with van der Waals surface area (Å²) in [5.41, 5.74) is 0.336. The van der Waals surface area contributed by atoms with Crippen LogP contribution in [-0.2, 0) is 17.4 Å². The van der Waals surface area contributed by atoms with Gasteiger partial charge in [0.15, 0.2) is 0 Å². The lowest BCUT2D eigenvalue weighted by atomic mass is 9.76. The van der Waals surface area contributed by atoms with Gasteiger partial charge in [0.1, 0.15) is 0 Å². The third-order valence-electron chi connectivity index (χ3n) is 3.12. The van der Waals surface area contributed by atoms with Gasteiger partial charge in [0.25, 0.3) is 11.1 Å². The molecule has 0 bridgehead atoms. The Hall–Kier alpha value is -1.32. The van der Waals surface area contributed by atoms with Gasteiger partial charge in [0.2, 0.25) is 0 Å². The first-order valence-electron chi connectivity index (χ1n) is 6.88. The zero-order chi connectivity index (χ0) is 15.0. The summed E-state index contributed by atoms with van der Waals surface area (Å²) in [7, 11) is 0. The van der Waals surface area contributed by atoms with E-state index in [0.29, 0.717) is 17.7 Å². The van der Waals surface area contributed by atoms with Crippen molar-refractivity contribution in [2.24, 2.45) is 0 Å². The molecule has 0 saturated carbocycles. The van der Waals surface area contributed by atoms with Crippen molar-refractivity contribution in [3.8, 4) is 0 Å². The molecule has 0 fully saturated rings. The minimum atomic E-state index is -0.347. The average Bonchev–Trinajstić information content (AvgIpc) is 2.19. The van der Waals surface area contributed by atoms with Crippen molar-refractivity contribution in [3.05, 3.63) is 31.8 Å². The van der Waals surface area contributed by atoms with E-state index in [-0.39, 0.29) is 21.9 Å². The fourth-order valence-corrected chi connectivity index (χ4v) is 2.38. The van der Waals surface area contributed by atoms with E-state index in [1.165, 1.54) is 4.68 Å². The molecule has 1 aromatic rings. The highest BCUT2D eigenvalue weighted by molar-refractivity contribution is 5.33. The normalized spacial score (nSPS) is 12.8. The highest BCUT2D eigenvalue weighted by Gasteiger charge is 2.31. The minimum Gasteiger partial charge on any atom is -0.268 e. The van der Waals surface area contributed by atoms with Crippen LogP contribution in [0, 0.1) is 0 Å². The molecule has 19 heavy (non-hydrogen) atoms. The van der Waals surface area contributed by atoms with Gasteiger partial charge in [-0.2, -0.15) is 0 Å². The molecule has 0 aliphatic heterocycles. The van der Waals surface area contributed by atoms with E-state index in [9.17, 15) is 9.59 Å². The Balaban J connectivity index is 3.81. The van der Waals surface area contributed by atoms with Crippen LogP contribution in [0.25, 0.3) is 0 Å². The first kappa shape index (κ1) is 15.7. The molecule has 0 aliphatic rings. The Bertz CT molecular complexity index is 566. The van der Waals surface area contributed by atoms with Gasteiger partial charge in [0, 0.05) is 17.7 Å². The van der Waals surface area contributed by atoms with Crippen molar-refractivity contribution in [3.63, 3.8) is 0 Å². The van der Waals surface area contributed by atoms with Gasteiger partial charge >= 0.3 is 0 Å². The van der Waals surface area contributed by atoms with Crippen molar-refractivity contribution in [2.75, 3.05) is 0 Å². The number of aromatic nitrogens is 2. The molecule has 0 saturated heterocycles. The van der Waals surface area contributed by atoms with Gasteiger partial charge < -0.3 is 0 Å². The molecule has 1 N–H and O–H groups in total. The number of aryl methyl sites for hydroxylation is 1. The van der Waals surface area contributed by atoms with Crippen LogP contribution in [0.5, 0.6) is 0 Å². The van der Waals surface area contributed by atoms with Crippen LogP contribution in [-0.4, -0.2) is 9.78 Å². The molecule has 1 heterocycles. The monoisotopic (exact) mass is 266 g/mol. The van der Waals surface area contributed by atoms with E-state index >= 15 is 0 Å². The van der Waals surface area contributed by atoms with Crippen LogP contribution in [0.1, 0.15) is 66.0 Å². The molecule has 4 nitrogen and oxygen atoms in total. The Morgan fingerprint density at radius 3 is 1.79 bits per heavy atom. The smallest absolute Gasteiger partial charge is 0.268 e. The summed E-state index contributed by atoms with van der Waals surface area (Å²) in [5, 5.41) is 2.71. The maximum Gasteiger partial charge on any atom is 0.269 e. The second-order valence-corrected chi connectivity index (χ2v) is 7.15. The molecular formula is C15H26N2O2. The number of aromatic amines is 1. The Morgan fingerprint density at radius 2 is 1.42 bits per heavy atom. The number of H-pyrrole nitrogens is 1. The zero-order valence-corrected chi connectivity index (χ0v) is 13.2. The summed E-state index contributed by atoms with van der Waals surface area (Å²) in [6, 6.07) is 0. The molecule has 1 aromatic heterocycles. The maximum absolute atomic E-state index is 12.6. The number of hydrogen-bond donors (Lipinski definition) is 1. The number of nitrogens with zero attached hydrogens (tertiary/aromatic N) is 1. The van der Waals surface area contributed by atoms with Crippen molar-refractivity contribution in [1.82, 2.24) is 9.78 Å². The first-order chi connectivity index (χ1) is 8.50. The quantitative estimate of drug-likeness (QED) is 0.894. The lowest BCUT2D eigenvalue weighted by molar-refractivity contribution is 0.474. The first-order valence-corrected chi connectivity index (χ1v) is 6.88. The molecule has 0 spiro atoms. The van der Waals surface area contributed by atoms with Gasteiger partial charge in [-0.15, -0.1) is 0 Å². The van der Waals surface area contributed by atoms with E-state index in [1.807, 2.05) is 48.5 Å². The lowest BCUT2D eigenvalue weighted by Gasteiger charge is -2.28. The van der Waals surface area contributed by atoms with Crippen molar-refractivity contribution < 1.29 is 0 Å². The molecule has 1 rings (SSSR count). The molecule has 0 aromatic carbocycles. The van der Waals surface area contributed by atoms with Crippen LogP contribution in [0.2, 0.25) is 0 Å². The standard InChI is InChI=1S/C15H26N2O2/c1-8-9-17-13(19)11(15(5,6)7)10(12(18)16-17)14(2,3)4/h8-9H2,1-7H3,(H,16,18). The van der Waals surface area contributed by atoms with Crippen molar-refractivity contribution >= 4 is 0 Å². The van der Waals surface area contributed by atoms with Crippen LogP contribution >= 0.6 is 0 Å². The summed E-state index contributed by atoms with van der Waals surface area (Å²) >= 11 is 0. The molecule has 0 radical (unpaired) electrons. The minimum absolute atomic E-state index is 0.0705. The van der Waals surface area contributed by atoms with Crippen molar-refractivity contribution in [2.45, 2.75) is 72.3 Å². The number of rotatable bonds is 2. The molecule has 0 unspecified atom stereocenters. The molecule has 0 atom stereocenters. The zero-order valence-electron chi connectivity index (χ0n) is 13.2. The summed E-state index contributed by atoms with van der Waals surface area (Å²) in [6.45, 7) is 14.4. The van der Waals surface area contributed by atoms with Crippen LogP contribution in [0.15, 0.2) is 9.59 Å². The van der Waals surface area contributed by atoms with Crippen LogP contribution in [0.3, 0.4) is 0 Å². The third kappa shape index (κ3) is 3.17. The lowest BCUT2D eigenvalue weighted by Crippen LogP contribution is -2.43. The fraction of sp³-hybridized carbons (Fsp3) is 0.733. The Kier molecular flexibility index (Phi) is 4.13. The molecular weight excluding hydrogens is 240 g/mol. The van der Waals surface area contributed by atoms with Crippen molar-refractivity contribution in [1.29, 1.82) is 0 Å². The predicted molar refractivity (Wildman–Crippen MR) is 79.0 cm³/mol. The summed E-state index contributed by atoms with van der Waals surface area (Å²) in [5.74, 6) is 0. The van der Waals surface area contributed by atoms with Gasteiger partial charge in [-0.05, 0) is 17.3 Å². The second kappa shape index (κ2) is 4.99. The number of nitrogens with one attached hydrogen (secondary N) is 1. The summed E-state index contributed by atoms with van der Waals surface area (Å²) < 4.78 is 1.44. The second-order valence-electron chi connectivity index (χ2n) is 7.15. The van der Waals surface area contributed by atoms with E-state index < -0.39 is 0 Å². The highest BCUT2D eigenvalue weighted by Crippen LogP contribution is 2.28. The molecule has 0 amide bonds. The van der Waals surface area contributed by atoms with Crippen LogP contribution < -0.4 is 11.1 Å². The fourth-order valence-electron chi connectivity index (χ4n) is 2.38. The molecule has 4 heteroatoms. The largest absolute Gasteiger partial charge is 0.269 e. The molecule has 0 aliphatic carbocycles. The predicted octanol–water partition coefficient (Wildman–Crippen LogP) is 2.54. The van der Waals surface area contributed by atoms with E-state index in [4.69, 9.17) is 0 Å². The van der Waals surface area contributed by atoms with Crippen LogP contribution in [0.4, 0.5) is 0 Å². The average molecular weight is 266 g/mol. The van der Waals surface area contributed by atoms with Gasteiger partial charge in [-0.3, -0.25) is 14.7 Å². The third-order valence-corrected chi connectivity index (χ3v) is 3.12. The summed E-state index contributed by atoms with van der Waals surface area (Å²) in [6.07, 6.45) is 0.814. The number of hydrogen-bond acceptors (Lipinski definition) is 2. The van der Waals surface area contributed by atoms with E-state index in [2.05, 4.69) is 5.10 Å². The Morgan fingerprint density at radius 1 is 0.947 bits per heavy atom. The van der Waals surface area contributed by atoms with Gasteiger partial charge in [0.05, 0.1) is 0 Å². The SMILES string of the molecule is CCCn1[nH]c(=O)c(C(C)(C)C)c(C(C)(C)C)c1=O. The highest BCUT2D eigenvalue weighted by atomic mass is 16.2. The molecule has 108 valence electrons. The topological polar surface area (TPSA) is 54.9 Å². The summed E-state index contributed by atoms with van der Waals surface area (Å²) in [4.78, 5) is 25.0.